The van der Waals surface area contributed by atoms with Crippen LogP contribution < -0.4 is 16.0 Å². The third kappa shape index (κ3) is 1.69. The third-order valence-electron chi connectivity index (χ3n) is 2.07. The molecule has 1 aromatic carbocycles. The number of nitrogens with one attached hydrogen (secondary N) is 2. The quantitative estimate of drug-likeness (QED) is 0.568. The van der Waals surface area contributed by atoms with Gasteiger partial charge in [-0.25, -0.2) is 0 Å². The standard InChI is InChI=1S/C8H10N4O3/c1-15-5-11-8-4-6(12(13)14)2-3-7(8)9-10-11/h2-4,9-10H,5H2,1H3. The summed E-state index contributed by atoms with van der Waals surface area (Å²) in [5.74, 6) is 0. The van der Waals surface area contributed by atoms with E-state index in [1.165, 1.54) is 12.1 Å². The normalized spacial score (nSPS) is 13.5. The summed E-state index contributed by atoms with van der Waals surface area (Å²) in [4.78, 5) is 10.2. The molecular formula is C8H10N4O3. The zero-order valence-electron chi connectivity index (χ0n) is 8.06. The molecule has 2 N–H and O–H groups in total. The molecule has 0 amide bonds. The molecule has 0 unspecified atom stereocenters. The van der Waals surface area contributed by atoms with Crippen molar-refractivity contribution in [3.8, 4) is 0 Å². The van der Waals surface area contributed by atoms with E-state index >= 15 is 0 Å². The Bertz CT molecular complexity index is 393. The van der Waals surface area contributed by atoms with Crippen molar-refractivity contribution in [1.29, 1.82) is 0 Å². The van der Waals surface area contributed by atoms with Crippen molar-refractivity contribution in [2.24, 2.45) is 0 Å². The second-order valence-corrected chi connectivity index (χ2v) is 3.04. The maximum absolute atomic E-state index is 10.6. The largest absolute Gasteiger partial charge is 0.363 e. The highest BCUT2D eigenvalue weighted by Crippen LogP contribution is 2.32. The predicted molar refractivity (Wildman–Crippen MR) is 54.2 cm³/mol. The second kappa shape index (κ2) is 3.71. The summed E-state index contributed by atoms with van der Waals surface area (Å²) in [6, 6.07) is 4.58. The number of hydrogen-bond donors (Lipinski definition) is 2. The van der Waals surface area contributed by atoms with Crippen molar-refractivity contribution >= 4 is 17.1 Å². The molecule has 0 atom stereocenters. The van der Waals surface area contributed by atoms with E-state index in [0.29, 0.717) is 12.4 Å². The molecule has 0 saturated carbocycles. The first-order chi connectivity index (χ1) is 7.22. The van der Waals surface area contributed by atoms with E-state index in [2.05, 4.69) is 11.0 Å². The van der Waals surface area contributed by atoms with E-state index in [1.807, 2.05) is 0 Å². The second-order valence-electron chi connectivity index (χ2n) is 3.04. The van der Waals surface area contributed by atoms with Gasteiger partial charge in [0.1, 0.15) is 6.73 Å². The summed E-state index contributed by atoms with van der Waals surface area (Å²) in [6.07, 6.45) is 0. The lowest BCUT2D eigenvalue weighted by molar-refractivity contribution is -0.384. The minimum absolute atomic E-state index is 0.0559. The lowest BCUT2D eigenvalue weighted by Gasteiger charge is -2.15. The number of nitro groups is 1. The monoisotopic (exact) mass is 210 g/mol. The first kappa shape index (κ1) is 9.69. The number of non-ortho nitro benzene ring substituents is 1. The van der Waals surface area contributed by atoms with Crippen LogP contribution in [-0.4, -0.2) is 18.8 Å². The molecule has 1 aliphatic rings. The van der Waals surface area contributed by atoms with Gasteiger partial charge in [0.05, 0.1) is 16.3 Å². The Hall–Kier alpha value is -1.86. The molecule has 80 valence electrons. The van der Waals surface area contributed by atoms with Gasteiger partial charge in [-0.15, -0.1) is 5.53 Å². The van der Waals surface area contributed by atoms with Crippen molar-refractivity contribution in [1.82, 2.24) is 5.53 Å². The van der Waals surface area contributed by atoms with Gasteiger partial charge in [-0.2, -0.15) is 0 Å². The molecule has 0 aromatic heterocycles. The van der Waals surface area contributed by atoms with Crippen molar-refractivity contribution in [3.05, 3.63) is 28.3 Å². The number of nitro benzene ring substituents is 1. The summed E-state index contributed by atoms with van der Waals surface area (Å²) in [7, 11) is 1.55. The molecule has 7 heteroatoms. The number of hydrazine groups is 2. The number of fused-ring (bicyclic) bond motifs is 1. The number of ether oxygens (including phenoxy) is 1. The SMILES string of the molecule is COCN1NNc2ccc([N+](=O)[O-])cc21. The molecule has 7 nitrogen and oxygen atoms in total. The number of anilines is 2. The number of hydrogen-bond acceptors (Lipinski definition) is 6. The van der Waals surface area contributed by atoms with Gasteiger partial charge in [-0.1, -0.05) is 0 Å². The average Bonchev–Trinajstić information content (AvgIpc) is 2.61. The molecule has 1 aliphatic heterocycles. The number of methoxy groups -OCH3 is 1. The molecule has 0 spiro atoms. The van der Waals surface area contributed by atoms with E-state index in [-0.39, 0.29) is 5.69 Å². The molecule has 0 saturated heterocycles. The van der Waals surface area contributed by atoms with E-state index in [0.717, 1.165) is 5.69 Å². The Morgan fingerprint density at radius 2 is 2.40 bits per heavy atom. The van der Waals surface area contributed by atoms with Crippen LogP contribution in [0.4, 0.5) is 17.1 Å². The Labute approximate surface area is 85.7 Å². The first-order valence-electron chi connectivity index (χ1n) is 4.29. The fraction of sp³-hybridized carbons (Fsp3) is 0.250. The van der Waals surface area contributed by atoms with Crippen molar-refractivity contribution in [2.45, 2.75) is 0 Å². The van der Waals surface area contributed by atoms with Gasteiger partial charge in [-0.05, 0) is 6.07 Å². The van der Waals surface area contributed by atoms with Crippen molar-refractivity contribution < 1.29 is 9.66 Å². The summed E-state index contributed by atoms with van der Waals surface area (Å²) in [5.41, 5.74) is 7.24. The van der Waals surface area contributed by atoms with E-state index in [9.17, 15) is 10.1 Å². The fourth-order valence-electron chi connectivity index (χ4n) is 1.38. The molecule has 1 heterocycles. The number of benzene rings is 1. The molecule has 0 bridgehead atoms. The summed E-state index contributed by atoms with van der Waals surface area (Å²) in [6.45, 7) is 0.307. The van der Waals surface area contributed by atoms with Crippen LogP contribution in [0.25, 0.3) is 0 Å². The van der Waals surface area contributed by atoms with Gasteiger partial charge >= 0.3 is 0 Å². The van der Waals surface area contributed by atoms with Gasteiger partial charge in [0.25, 0.3) is 5.69 Å². The van der Waals surface area contributed by atoms with Gasteiger partial charge in [0.15, 0.2) is 0 Å². The summed E-state index contributed by atoms with van der Waals surface area (Å²) in [5, 5.41) is 12.2. The van der Waals surface area contributed by atoms with Gasteiger partial charge in [-0.3, -0.25) is 15.1 Å². The van der Waals surface area contributed by atoms with Crippen molar-refractivity contribution in [2.75, 3.05) is 24.3 Å². The maximum atomic E-state index is 10.6. The fourth-order valence-corrected chi connectivity index (χ4v) is 1.38. The van der Waals surface area contributed by atoms with Crippen LogP contribution in [-0.2, 0) is 4.74 Å². The van der Waals surface area contributed by atoms with Gasteiger partial charge in [0.2, 0.25) is 0 Å². The van der Waals surface area contributed by atoms with Crippen LogP contribution in [0.1, 0.15) is 0 Å². The van der Waals surface area contributed by atoms with Crippen LogP contribution in [0.3, 0.4) is 0 Å². The van der Waals surface area contributed by atoms with Crippen LogP contribution in [0, 0.1) is 10.1 Å². The van der Waals surface area contributed by atoms with Crippen LogP contribution in [0.15, 0.2) is 18.2 Å². The Balaban J connectivity index is 2.33. The van der Waals surface area contributed by atoms with E-state index in [4.69, 9.17) is 4.74 Å². The summed E-state index contributed by atoms with van der Waals surface area (Å²) < 4.78 is 4.94. The first-order valence-corrected chi connectivity index (χ1v) is 4.29. The van der Waals surface area contributed by atoms with Crippen molar-refractivity contribution in [3.63, 3.8) is 0 Å². The Morgan fingerprint density at radius 1 is 1.60 bits per heavy atom. The maximum Gasteiger partial charge on any atom is 0.271 e. The third-order valence-corrected chi connectivity index (χ3v) is 2.07. The Morgan fingerprint density at radius 3 is 3.07 bits per heavy atom. The summed E-state index contributed by atoms with van der Waals surface area (Å²) >= 11 is 0. The highest BCUT2D eigenvalue weighted by Gasteiger charge is 2.21. The predicted octanol–water partition coefficient (Wildman–Crippen LogP) is 0.850. The molecule has 2 rings (SSSR count). The molecule has 0 radical (unpaired) electrons. The lowest BCUT2D eigenvalue weighted by Crippen LogP contribution is -2.37. The average molecular weight is 210 g/mol. The zero-order valence-corrected chi connectivity index (χ0v) is 8.06. The minimum Gasteiger partial charge on any atom is -0.363 e. The molecule has 1 aromatic rings. The van der Waals surface area contributed by atoms with Crippen LogP contribution >= 0.6 is 0 Å². The number of nitrogens with zero attached hydrogens (tertiary/aromatic N) is 2. The highest BCUT2D eigenvalue weighted by molar-refractivity contribution is 5.75. The van der Waals surface area contributed by atoms with Gasteiger partial charge < -0.3 is 10.2 Å². The van der Waals surface area contributed by atoms with Crippen LogP contribution in [0.2, 0.25) is 0 Å². The molecule has 0 aliphatic carbocycles. The topological polar surface area (TPSA) is 79.7 Å². The number of rotatable bonds is 3. The van der Waals surface area contributed by atoms with E-state index in [1.54, 1.807) is 18.2 Å². The van der Waals surface area contributed by atoms with E-state index < -0.39 is 4.92 Å². The Kier molecular flexibility index (Phi) is 2.40. The molecule has 0 fully saturated rings. The molecular weight excluding hydrogens is 200 g/mol. The zero-order chi connectivity index (χ0) is 10.8. The minimum atomic E-state index is -0.427. The lowest BCUT2D eigenvalue weighted by atomic mass is 10.2. The highest BCUT2D eigenvalue weighted by atomic mass is 16.6. The van der Waals surface area contributed by atoms with Crippen LogP contribution in [0.5, 0.6) is 0 Å². The smallest absolute Gasteiger partial charge is 0.271 e. The van der Waals surface area contributed by atoms with Gasteiger partial charge in [0, 0.05) is 19.2 Å². The molecule has 15 heavy (non-hydrogen) atoms.